The van der Waals surface area contributed by atoms with Gasteiger partial charge in [0.05, 0.1) is 6.26 Å². The van der Waals surface area contributed by atoms with E-state index in [9.17, 15) is 14.0 Å². The van der Waals surface area contributed by atoms with Crippen molar-refractivity contribution in [3.63, 3.8) is 0 Å². The number of nitrogens with one attached hydrogen (secondary N) is 2. The average Bonchev–Trinajstić information content (AvgIpc) is 3.45. The minimum absolute atomic E-state index is 0.154. The second kappa shape index (κ2) is 8.82. The molecule has 2 amide bonds. The number of hydrogen-bond donors (Lipinski definition) is 2. The average molecular weight is 407 g/mol. The molecule has 0 unspecified atom stereocenters. The number of carbonyl (C=O) groups is 2. The summed E-state index contributed by atoms with van der Waals surface area (Å²) in [6.07, 6.45) is 2.40. The number of rotatable bonds is 6. The monoisotopic (exact) mass is 407 g/mol. The maximum absolute atomic E-state index is 13.1. The standard InChI is InChI=1S/C23H22FN3O3/c24-18-5-9-20(10-6-18)27-12-11-16(15-27)14-25-22(28)17-3-7-19(8-4-17)26-23(29)21-2-1-13-30-21/h1-10,13,16H,11-12,14-15H2,(H,25,28)(H,26,29)/t16-/m0/s1. The number of furan rings is 1. The van der Waals surface area contributed by atoms with Gasteiger partial charge in [0.25, 0.3) is 11.8 Å². The molecule has 7 heteroatoms. The van der Waals surface area contributed by atoms with Crippen LogP contribution in [0.5, 0.6) is 0 Å². The van der Waals surface area contributed by atoms with Gasteiger partial charge in [-0.3, -0.25) is 9.59 Å². The molecule has 3 aromatic rings. The Hall–Kier alpha value is -3.61. The lowest BCUT2D eigenvalue weighted by Crippen LogP contribution is -2.31. The zero-order valence-electron chi connectivity index (χ0n) is 16.3. The van der Waals surface area contributed by atoms with Crippen molar-refractivity contribution < 1.29 is 18.4 Å². The first kappa shape index (κ1) is 19.7. The summed E-state index contributed by atoms with van der Waals surface area (Å²) in [4.78, 5) is 26.6. The summed E-state index contributed by atoms with van der Waals surface area (Å²) < 4.78 is 18.1. The Morgan fingerprint density at radius 3 is 2.50 bits per heavy atom. The Morgan fingerprint density at radius 1 is 1.03 bits per heavy atom. The molecule has 0 spiro atoms. The minimum atomic E-state index is -0.343. The van der Waals surface area contributed by atoms with Crippen LogP contribution in [0.4, 0.5) is 15.8 Å². The summed E-state index contributed by atoms with van der Waals surface area (Å²) in [5.41, 5.74) is 2.11. The van der Waals surface area contributed by atoms with Gasteiger partial charge in [0.2, 0.25) is 0 Å². The Balaban J connectivity index is 1.26. The predicted molar refractivity (Wildman–Crippen MR) is 112 cm³/mol. The van der Waals surface area contributed by atoms with E-state index in [1.165, 1.54) is 18.4 Å². The molecule has 4 rings (SSSR count). The van der Waals surface area contributed by atoms with E-state index in [1.807, 2.05) is 0 Å². The van der Waals surface area contributed by atoms with Crippen LogP contribution in [0.3, 0.4) is 0 Å². The van der Waals surface area contributed by atoms with Gasteiger partial charge in [-0.2, -0.15) is 0 Å². The van der Waals surface area contributed by atoms with Crippen LogP contribution in [0.1, 0.15) is 27.3 Å². The number of amides is 2. The molecule has 1 aromatic heterocycles. The maximum Gasteiger partial charge on any atom is 0.291 e. The third kappa shape index (κ3) is 4.68. The molecular weight excluding hydrogens is 385 g/mol. The van der Waals surface area contributed by atoms with Gasteiger partial charge in [0.15, 0.2) is 5.76 Å². The topological polar surface area (TPSA) is 74.6 Å². The lowest BCUT2D eigenvalue weighted by Gasteiger charge is -2.18. The Bertz CT molecular complexity index is 1000. The van der Waals surface area contributed by atoms with Gasteiger partial charge in [-0.15, -0.1) is 0 Å². The number of carbonyl (C=O) groups excluding carboxylic acids is 2. The van der Waals surface area contributed by atoms with E-state index >= 15 is 0 Å². The fourth-order valence-electron chi connectivity index (χ4n) is 3.53. The van der Waals surface area contributed by atoms with Gasteiger partial charge in [-0.05, 0) is 73.0 Å². The van der Waals surface area contributed by atoms with E-state index in [0.717, 1.165) is 25.2 Å². The molecule has 154 valence electrons. The highest BCUT2D eigenvalue weighted by atomic mass is 19.1. The van der Waals surface area contributed by atoms with Crippen molar-refractivity contribution in [3.8, 4) is 0 Å². The van der Waals surface area contributed by atoms with Crippen LogP contribution in [0.2, 0.25) is 0 Å². The number of halogens is 1. The lowest BCUT2D eigenvalue weighted by atomic mass is 10.1. The van der Waals surface area contributed by atoms with Crippen molar-refractivity contribution in [2.75, 3.05) is 29.9 Å². The molecule has 6 nitrogen and oxygen atoms in total. The minimum Gasteiger partial charge on any atom is -0.459 e. The molecule has 0 saturated carbocycles. The number of hydrogen-bond acceptors (Lipinski definition) is 4. The summed E-state index contributed by atoms with van der Waals surface area (Å²) in [6.45, 7) is 2.29. The smallest absolute Gasteiger partial charge is 0.291 e. The molecule has 1 aliphatic heterocycles. The second-order valence-electron chi connectivity index (χ2n) is 7.30. The van der Waals surface area contributed by atoms with Crippen LogP contribution < -0.4 is 15.5 Å². The van der Waals surface area contributed by atoms with E-state index in [2.05, 4.69) is 15.5 Å². The van der Waals surface area contributed by atoms with Gasteiger partial charge in [0, 0.05) is 36.6 Å². The maximum atomic E-state index is 13.1. The summed E-state index contributed by atoms with van der Waals surface area (Å²) in [6, 6.07) is 16.4. The van der Waals surface area contributed by atoms with Crippen LogP contribution in [-0.2, 0) is 0 Å². The fourth-order valence-corrected chi connectivity index (χ4v) is 3.53. The molecule has 1 aliphatic rings. The van der Waals surface area contributed by atoms with Gasteiger partial charge < -0.3 is 20.0 Å². The molecule has 2 aromatic carbocycles. The van der Waals surface area contributed by atoms with Crippen LogP contribution in [-0.4, -0.2) is 31.4 Å². The normalized spacial score (nSPS) is 15.8. The van der Waals surface area contributed by atoms with Crippen LogP contribution in [0.15, 0.2) is 71.3 Å². The molecule has 0 aliphatic carbocycles. The Labute approximate surface area is 173 Å². The first-order valence-corrected chi connectivity index (χ1v) is 9.82. The van der Waals surface area contributed by atoms with E-state index < -0.39 is 0 Å². The highest BCUT2D eigenvalue weighted by molar-refractivity contribution is 6.02. The molecule has 1 fully saturated rings. The predicted octanol–water partition coefficient (Wildman–Crippen LogP) is 3.93. The van der Waals surface area contributed by atoms with Crippen molar-refractivity contribution in [1.29, 1.82) is 0 Å². The van der Waals surface area contributed by atoms with Crippen LogP contribution >= 0.6 is 0 Å². The summed E-state index contributed by atoms with van der Waals surface area (Å²) >= 11 is 0. The van der Waals surface area contributed by atoms with Gasteiger partial charge in [-0.25, -0.2) is 4.39 Å². The van der Waals surface area contributed by atoms with E-state index in [4.69, 9.17) is 4.42 Å². The third-order valence-electron chi connectivity index (χ3n) is 5.18. The molecule has 1 saturated heterocycles. The summed E-state index contributed by atoms with van der Waals surface area (Å²) in [5, 5.41) is 5.69. The Morgan fingerprint density at radius 2 is 1.80 bits per heavy atom. The molecule has 0 bridgehead atoms. The summed E-state index contributed by atoms with van der Waals surface area (Å²) in [5.74, 6) is -0.175. The number of anilines is 2. The largest absolute Gasteiger partial charge is 0.459 e. The molecule has 0 radical (unpaired) electrons. The van der Waals surface area contributed by atoms with Crippen LogP contribution in [0, 0.1) is 11.7 Å². The first-order chi connectivity index (χ1) is 14.6. The van der Waals surface area contributed by atoms with Crippen molar-refractivity contribution in [3.05, 3.63) is 84.1 Å². The van der Waals surface area contributed by atoms with Crippen molar-refractivity contribution in [2.45, 2.75) is 6.42 Å². The van der Waals surface area contributed by atoms with Crippen molar-refractivity contribution in [1.82, 2.24) is 5.32 Å². The second-order valence-corrected chi connectivity index (χ2v) is 7.30. The number of benzene rings is 2. The highest BCUT2D eigenvalue weighted by Crippen LogP contribution is 2.23. The first-order valence-electron chi connectivity index (χ1n) is 9.82. The molecular formula is C23H22FN3O3. The molecule has 2 heterocycles. The zero-order chi connectivity index (χ0) is 20.9. The number of nitrogens with zero attached hydrogens (tertiary/aromatic N) is 1. The van der Waals surface area contributed by atoms with E-state index in [1.54, 1.807) is 48.5 Å². The van der Waals surface area contributed by atoms with Gasteiger partial charge in [-0.1, -0.05) is 0 Å². The Kier molecular flexibility index (Phi) is 5.79. The van der Waals surface area contributed by atoms with E-state index in [-0.39, 0.29) is 23.4 Å². The molecule has 2 N–H and O–H groups in total. The van der Waals surface area contributed by atoms with Gasteiger partial charge in [0.1, 0.15) is 5.82 Å². The third-order valence-corrected chi connectivity index (χ3v) is 5.18. The van der Waals surface area contributed by atoms with Gasteiger partial charge >= 0.3 is 0 Å². The molecule has 1 atom stereocenters. The van der Waals surface area contributed by atoms with E-state index in [0.29, 0.717) is 23.7 Å². The van der Waals surface area contributed by atoms with Crippen molar-refractivity contribution in [2.24, 2.45) is 5.92 Å². The highest BCUT2D eigenvalue weighted by Gasteiger charge is 2.23. The zero-order valence-corrected chi connectivity index (χ0v) is 16.3. The summed E-state index contributed by atoms with van der Waals surface area (Å²) in [7, 11) is 0. The van der Waals surface area contributed by atoms with Crippen molar-refractivity contribution >= 4 is 23.2 Å². The fraction of sp³-hybridized carbons (Fsp3) is 0.217. The quantitative estimate of drug-likeness (QED) is 0.649. The van der Waals surface area contributed by atoms with Crippen LogP contribution in [0.25, 0.3) is 0 Å². The SMILES string of the molecule is O=C(NC[C@@H]1CCN(c2ccc(F)cc2)C1)c1ccc(NC(=O)c2ccco2)cc1. The molecule has 30 heavy (non-hydrogen) atoms. The lowest BCUT2D eigenvalue weighted by molar-refractivity contribution is 0.0947.